The predicted octanol–water partition coefficient (Wildman–Crippen LogP) is 2.42. The SMILES string of the molecule is CC(C)CC(O)CNC(=O)CCc1ccc(F)c(F)c1. The number of rotatable bonds is 7. The van der Waals surface area contributed by atoms with Crippen LogP contribution in [0.15, 0.2) is 18.2 Å². The molecule has 5 heteroatoms. The first-order chi connectivity index (χ1) is 9.38. The smallest absolute Gasteiger partial charge is 0.220 e. The largest absolute Gasteiger partial charge is 0.391 e. The van der Waals surface area contributed by atoms with Gasteiger partial charge < -0.3 is 10.4 Å². The second-order valence-corrected chi connectivity index (χ2v) is 5.34. The van der Waals surface area contributed by atoms with Crippen molar-refractivity contribution in [3.05, 3.63) is 35.4 Å². The fourth-order valence-electron chi connectivity index (χ4n) is 1.90. The van der Waals surface area contributed by atoms with Gasteiger partial charge in [0.25, 0.3) is 0 Å². The van der Waals surface area contributed by atoms with E-state index < -0.39 is 17.7 Å². The van der Waals surface area contributed by atoms with Crippen molar-refractivity contribution in [2.45, 2.75) is 39.2 Å². The summed E-state index contributed by atoms with van der Waals surface area (Å²) in [5, 5.41) is 12.2. The highest BCUT2D eigenvalue weighted by Crippen LogP contribution is 2.10. The molecule has 1 aromatic carbocycles. The number of amides is 1. The van der Waals surface area contributed by atoms with Crippen molar-refractivity contribution in [2.24, 2.45) is 5.92 Å². The van der Waals surface area contributed by atoms with E-state index in [9.17, 15) is 18.7 Å². The van der Waals surface area contributed by atoms with Crippen LogP contribution in [-0.4, -0.2) is 23.7 Å². The third kappa shape index (κ3) is 6.10. The molecule has 0 aliphatic heterocycles. The van der Waals surface area contributed by atoms with E-state index >= 15 is 0 Å². The molecule has 0 fully saturated rings. The molecule has 0 bridgehead atoms. The number of carbonyl (C=O) groups is 1. The maximum Gasteiger partial charge on any atom is 0.220 e. The quantitative estimate of drug-likeness (QED) is 0.808. The van der Waals surface area contributed by atoms with Gasteiger partial charge in [0, 0.05) is 13.0 Å². The van der Waals surface area contributed by atoms with Gasteiger partial charge in [-0.25, -0.2) is 8.78 Å². The first kappa shape index (κ1) is 16.6. The van der Waals surface area contributed by atoms with E-state index in [1.807, 2.05) is 13.8 Å². The van der Waals surface area contributed by atoms with Crippen molar-refractivity contribution in [1.82, 2.24) is 5.32 Å². The molecule has 1 atom stereocenters. The lowest BCUT2D eigenvalue weighted by atomic mass is 10.1. The third-order valence-electron chi connectivity index (χ3n) is 2.90. The van der Waals surface area contributed by atoms with E-state index in [0.717, 1.165) is 12.1 Å². The summed E-state index contributed by atoms with van der Waals surface area (Å²) in [5.41, 5.74) is 0.571. The maximum absolute atomic E-state index is 13.0. The lowest BCUT2D eigenvalue weighted by Crippen LogP contribution is -2.32. The first-order valence-corrected chi connectivity index (χ1v) is 6.77. The van der Waals surface area contributed by atoms with Gasteiger partial charge >= 0.3 is 0 Å². The summed E-state index contributed by atoms with van der Waals surface area (Å²) in [6.45, 7) is 4.21. The highest BCUT2D eigenvalue weighted by molar-refractivity contribution is 5.76. The number of hydrogen-bond acceptors (Lipinski definition) is 2. The molecule has 0 spiro atoms. The summed E-state index contributed by atoms with van der Waals surface area (Å²) in [5.74, 6) is -1.65. The van der Waals surface area contributed by atoms with Gasteiger partial charge in [-0.1, -0.05) is 19.9 Å². The number of halogens is 2. The van der Waals surface area contributed by atoms with Crippen LogP contribution in [0.5, 0.6) is 0 Å². The minimum atomic E-state index is -0.907. The van der Waals surface area contributed by atoms with Crippen molar-refractivity contribution >= 4 is 5.91 Å². The average Bonchev–Trinajstić information content (AvgIpc) is 2.37. The van der Waals surface area contributed by atoms with E-state index in [1.54, 1.807) is 0 Å². The number of nitrogens with one attached hydrogen (secondary N) is 1. The highest BCUT2D eigenvalue weighted by Gasteiger charge is 2.09. The molecule has 2 N–H and O–H groups in total. The molecule has 1 aromatic rings. The molecule has 3 nitrogen and oxygen atoms in total. The fourth-order valence-corrected chi connectivity index (χ4v) is 1.90. The number of hydrogen-bond donors (Lipinski definition) is 2. The van der Waals surface area contributed by atoms with Crippen molar-refractivity contribution in [3.63, 3.8) is 0 Å². The lowest BCUT2D eigenvalue weighted by Gasteiger charge is -2.13. The van der Waals surface area contributed by atoms with E-state index in [0.29, 0.717) is 24.3 Å². The lowest BCUT2D eigenvalue weighted by molar-refractivity contribution is -0.121. The zero-order valence-corrected chi connectivity index (χ0v) is 11.8. The van der Waals surface area contributed by atoms with Crippen LogP contribution in [0, 0.1) is 17.6 Å². The molecule has 0 heterocycles. The summed E-state index contributed by atoms with van der Waals surface area (Å²) >= 11 is 0. The highest BCUT2D eigenvalue weighted by atomic mass is 19.2. The van der Waals surface area contributed by atoms with Crippen LogP contribution in [-0.2, 0) is 11.2 Å². The average molecular weight is 285 g/mol. The van der Waals surface area contributed by atoms with Crippen LogP contribution in [0.4, 0.5) is 8.78 Å². The third-order valence-corrected chi connectivity index (χ3v) is 2.90. The van der Waals surface area contributed by atoms with Gasteiger partial charge in [0.1, 0.15) is 0 Å². The zero-order valence-electron chi connectivity index (χ0n) is 11.8. The Balaban J connectivity index is 2.31. The molecule has 1 unspecified atom stereocenters. The number of aryl methyl sites for hydroxylation is 1. The Labute approximate surface area is 118 Å². The van der Waals surface area contributed by atoms with Gasteiger partial charge in [-0.15, -0.1) is 0 Å². The van der Waals surface area contributed by atoms with Crippen LogP contribution >= 0.6 is 0 Å². The van der Waals surface area contributed by atoms with Gasteiger partial charge in [-0.3, -0.25) is 4.79 Å². The Morgan fingerprint density at radius 3 is 2.60 bits per heavy atom. The molecule has 0 aliphatic carbocycles. The maximum atomic E-state index is 13.0. The summed E-state index contributed by atoms with van der Waals surface area (Å²) in [6.07, 6.45) is 0.592. The molecular weight excluding hydrogens is 264 g/mol. The van der Waals surface area contributed by atoms with E-state index in [1.165, 1.54) is 6.07 Å². The summed E-state index contributed by atoms with van der Waals surface area (Å²) < 4.78 is 25.7. The van der Waals surface area contributed by atoms with Crippen LogP contribution in [0.3, 0.4) is 0 Å². The van der Waals surface area contributed by atoms with Crippen molar-refractivity contribution in [1.29, 1.82) is 0 Å². The first-order valence-electron chi connectivity index (χ1n) is 6.77. The number of aliphatic hydroxyl groups excluding tert-OH is 1. The molecule has 0 saturated carbocycles. The van der Waals surface area contributed by atoms with Gasteiger partial charge in [0.05, 0.1) is 6.10 Å². The van der Waals surface area contributed by atoms with Gasteiger partial charge in [0.15, 0.2) is 11.6 Å². The van der Waals surface area contributed by atoms with Crippen LogP contribution in [0.25, 0.3) is 0 Å². The van der Waals surface area contributed by atoms with E-state index in [4.69, 9.17) is 0 Å². The molecule has 20 heavy (non-hydrogen) atoms. The monoisotopic (exact) mass is 285 g/mol. The zero-order chi connectivity index (χ0) is 15.1. The Morgan fingerprint density at radius 2 is 2.00 bits per heavy atom. The second kappa shape index (κ2) is 7.94. The van der Waals surface area contributed by atoms with E-state index in [-0.39, 0.29) is 18.9 Å². The van der Waals surface area contributed by atoms with Crippen LogP contribution < -0.4 is 5.32 Å². The Bertz CT molecular complexity index is 449. The fraction of sp³-hybridized carbons (Fsp3) is 0.533. The summed E-state index contributed by atoms with van der Waals surface area (Å²) in [6, 6.07) is 3.60. The Hall–Kier alpha value is -1.49. The summed E-state index contributed by atoms with van der Waals surface area (Å²) in [4.78, 5) is 11.6. The van der Waals surface area contributed by atoms with Crippen molar-refractivity contribution in [3.8, 4) is 0 Å². The van der Waals surface area contributed by atoms with Gasteiger partial charge in [0.2, 0.25) is 5.91 Å². The number of carbonyl (C=O) groups excluding carboxylic acids is 1. The molecule has 1 amide bonds. The molecule has 0 aromatic heterocycles. The molecule has 0 saturated heterocycles. The number of aliphatic hydroxyl groups is 1. The van der Waals surface area contributed by atoms with Gasteiger partial charge in [-0.05, 0) is 36.5 Å². The van der Waals surface area contributed by atoms with Crippen molar-refractivity contribution < 1.29 is 18.7 Å². The van der Waals surface area contributed by atoms with E-state index in [2.05, 4.69) is 5.32 Å². The van der Waals surface area contributed by atoms with Gasteiger partial charge in [-0.2, -0.15) is 0 Å². The minimum Gasteiger partial charge on any atom is -0.391 e. The van der Waals surface area contributed by atoms with Crippen LogP contribution in [0.2, 0.25) is 0 Å². The Kier molecular flexibility index (Phi) is 6.58. The van der Waals surface area contributed by atoms with Crippen molar-refractivity contribution in [2.75, 3.05) is 6.54 Å². The number of benzene rings is 1. The topological polar surface area (TPSA) is 49.3 Å². The molecule has 1 rings (SSSR count). The standard InChI is InChI=1S/C15H21F2NO2/c1-10(2)7-12(19)9-18-15(20)6-4-11-3-5-13(16)14(17)8-11/h3,5,8,10,12,19H,4,6-7,9H2,1-2H3,(H,18,20). The molecule has 0 aliphatic rings. The molecule has 0 radical (unpaired) electrons. The Morgan fingerprint density at radius 1 is 1.30 bits per heavy atom. The second-order valence-electron chi connectivity index (χ2n) is 5.34. The normalized spacial score (nSPS) is 12.5. The molecule has 112 valence electrons. The molecular formula is C15H21F2NO2. The summed E-state index contributed by atoms with van der Waals surface area (Å²) in [7, 11) is 0. The van der Waals surface area contributed by atoms with Crippen LogP contribution in [0.1, 0.15) is 32.3 Å². The minimum absolute atomic E-state index is 0.180. The predicted molar refractivity (Wildman–Crippen MR) is 73.2 cm³/mol.